The molecule has 1 N–H and O–H groups in total. The van der Waals surface area contributed by atoms with Crippen LogP contribution in [0.3, 0.4) is 0 Å². The van der Waals surface area contributed by atoms with Crippen LogP contribution < -0.4 is 0 Å². The highest BCUT2D eigenvalue weighted by molar-refractivity contribution is 7.18. The molecule has 0 saturated heterocycles. The summed E-state index contributed by atoms with van der Waals surface area (Å²) in [4.78, 5) is 4.37. The number of phenols is 1. The molecule has 24 heavy (non-hydrogen) atoms. The van der Waals surface area contributed by atoms with Crippen molar-refractivity contribution in [2.24, 2.45) is 0 Å². The molecule has 0 aliphatic rings. The van der Waals surface area contributed by atoms with E-state index in [2.05, 4.69) is 15.2 Å². The quantitative estimate of drug-likeness (QED) is 0.584. The molecular formula is C17H12FN3OS2. The molecule has 7 heteroatoms. The number of aromatic nitrogens is 3. The lowest BCUT2D eigenvalue weighted by Gasteiger charge is -2.00. The number of nitrogens with zero attached hydrogens (tertiary/aromatic N) is 3. The molecule has 4 nitrogen and oxygen atoms in total. The van der Waals surface area contributed by atoms with Crippen molar-refractivity contribution in [2.45, 2.75) is 13.3 Å². The minimum atomic E-state index is -0.256. The highest BCUT2D eigenvalue weighted by atomic mass is 32.1. The third kappa shape index (κ3) is 2.76. The number of hydrogen-bond donors (Lipinski definition) is 1. The Morgan fingerprint density at radius 1 is 1.04 bits per heavy atom. The molecule has 120 valence electrons. The normalized spacial score (nSPS) is 11.2. The van der Waals surface area contributed by atoms with E-state index in [1.54, 1.807) is 23.5 Å². The maximum atomic E-state index is 13.0. The van der Waals surface area contributed by atoms with Crippen molar-refractivity contribution in [2.75, 3.05) is 0 Å². The molecule has 2 aromatic carbocycles. The predicted molar refractivity (Wildman–Crippen MR) is 94.1 cm³/mol. The Morgan fingerprint density at radius 2 is 1.83 bits per heavy atom. The van der Waals surface area contributed by atoms with Gasteiger partial charge in [-0.15, -0.1) is 21.5 Å². The highest BCUT2D eigenvalue weighted by Gasteiger charge is 2.15. The zero-order valence-electron chi connectivity index (χ0n) is 12.7. The fourth-order valence-electron chi connectivity index (χ4n) is 2.47. The van der Waals surface area contributed by atoms with E-state index in [0.29, 0.717) is 22.5 Å². The number of benzene rings is 2. The van der Waals surface area contributed by atoms with Gasteiger partial charge in [-0.3, -0.25) is 0 Å². The van der Waals surface area contributed by atoms with E-state index in [-0.39, 0.29) is 11.6 Å². The number of halogens is 1. The Hall–Kier alpha value is -2.38. The van der Waals surface area contributed by atoms with Crippen molar-refractivity contribution >= 4 is 32.9 Å². The van der Waals surface area contributed by atoms with Crippen LogP contribution in [0.25, 0.3) is 20.8 Å². The lowest BCUT2D eigenvalue weighted by atomic mass is 10.2. The summed E-state index contributed by atoms with van der Waals surface area (Å²) >= 11 is 2.96. The molecule has 0 unspecified atom stereocenters. The van der Waals surface area contributed by atoms with Gasteiger partial charge in [0.1, 0.15) is 16.3 Å². The lowest BCUT2D eigenvalue weighted by molar-refractivity contribution is 0.482. The summed E-state index contributed by atoms with van der Waals surface area (Å²) in [5, 5.41) is 21.2. The molecule has 0 aliphatic heterocycles. The van der Waals surface area contributed by atoms with E-state index < -0.39 is 0 Å². The molecule has 0 radical (unpaired) electrons. The monoisotopic (exact) mass is 357 g/mol. The zero-order chi connectivity index (χ0) is 16.7. The number of fused-ring (bicyclic) bond motifs is 1. The molecule has 0 atom stereocenters. The van der Waals surface area contributed by atoms with Crippen LogP contribution in [0.15, 0.2) is 36.4 Å². The molecule has 2 aromatic heterocycles. The fourth-order valence-corrected chi connectivity index (χ4v) is 4.20. The van der Waals surface area contributed by atoms with Gasteiger partial charge in [0.25, 0.3) is 0 Å². The maximum absolute atomic E-state index is 13.0. The number of phenolic OH excluding ortho intramolecular Hbond substituents is 1. The van der Waals surface area contributed by atoms with E-state index in [4.69, 9.17) is 0 Å². The summed E-state index contributed by atoms with van der Waals surface area (Å²) in [6.07, 6.45) is 0.580. The lowest BCUT2D eigenvalue weighted by Crippen LogP contribution is -1.87. The van der Waals surface area contributed by atoms with Gasteiger partial charge in [-0.25, -0.2) is 9.37 Å². The maximum Gasteiger partial charge on any atom is 0.153 e. The van der Waals surface area contributed by atoms with Crippen LogP contribution in [0.4, 0.5) is 4.39 Å². The van der Waals surface area contributed by atoms with Gasteiger partial charge in [0, 0.05) is 6.42 Å². The summed E-state index contributed by atoms with van der Waals surface area (Å²) in [6.45, 7) is 1.91. The van der Waals surface area contributed by atoms with E-state index in [0.717, 1.165) is 20.3 Å². The van der Waals surface area contributed by atoms with Gasteiger partial charge in [-0.05, 0) is 36.8 Å². The van der Waals surface area contributed by atoms with Gasteiger partial charge >= 0.3 is 0 Å². The summed E-state index contributed by atoms with van der Waals surface area (Å²) in [7, 11) is 0. The van der Waals surface area contributed by atoms with Crippen LogP contribution in [0, 0.1) is 12.7 Å². The molecule has 0 saturated carbocycles. The number of rotatable bonds is 3. The van der Waals surface area contributed by atoms with Crippen LogP contribution in [0.5, 0.6) is 5.75 Å². The predicted octanol–water partition coefficient (Wildman–Crippen LogP) is 4.56. The van der Waals surface area contributed by atoms with Gasteiger partial charge in [-0.2, -0.15) is 0 Å². The molecule has 0 fully saturated rings. The second-order valence-corrected chi connectivity index (χ2v) is 7.64. The summed E-state index contributed by atoms with van der Waals surface area (Å²) < 4.78 is 13.9. The van der Waals surface area contributed by atoms with Crippen LogP contribution >= 0.6 is 22.7 Å². The zero-order valence-corrected chi connectivity index (χ0v) is 14.3. The second kappa shape index (κ2) is 5.92. The van der Waals surface area contributed by atoms with Gasteiger partial charge < -0.3 is 5.11 Å². The summed E-state index contributed by atoms with van der Waals surface area (Å²) in [5.74, 6) is -0.116. The molecule has 0 spiro atoms. The topological polar surface area (TPSA) is 58.9 Å². The van der Waals surface area contributed by atoms with Crippen LogP contribution in [0.1, 0.15) is 15.6 Å². The van der Waals surface area contributed by atoms with E-state index in [9.17, 15) is 9.50 Å². The molecule has 4 rings (SSSR count). The smallest absolute Gasteiger partial charge is 0.153 e. The Bertz CT molecular complexity index is 1020. The number of thiazole rings is 1. The SMILES string of the molecule is Cc1nc2c(O)c(-c3nnc(Cc4ccc(F)cc4)s3)ccc2s1. The Morgan fingerprint density at radius 3 is 2.62 bits per heavy atom. The standard InChI is InChI=1S/C17H12FN3OS2/c1-9-19-15-13(23-9)7-6-12(16(15)22)17-21-20-14(24-17)8-10-2-4-11(18)5-3-10/h2-7,22H,8H2,1H3. The van der Waals surface area contributed by atoms with Gasteiger partial charge in [0.05, 0.1) is 15.3 Å². The van der Waals surface area contributed by atoms with Crippen LogP contribution in [-0.2, 0) is 6.42 Å². The van der Waals surface area contributed by atoms with E-state index >= 15 is 0 Å². The first-order valence-electron chi connectivity index (χ1n) is 7.26. The van der Waals surface area contributed by atoms with Crippen molar-refractivity contribution in [3.63, 3.8) is 0 Å². The first-order chi connectivity index (χ1) is 11.6. The summed E-state index contributed by atoms with van der Waals surface area (Å²) in [6, 6.07) is 10.1. The second-order valence-electron chi connectivity index (χ2n) is 5.35. The van der Waals surface area contributed by atoms with Crippen molar-refractivity contribution in [3.8, 4) is 16.3 Å². The van der Waals surface area contributed by atoms with Gasteiger partial charge in [-0.1, -0.05) is 23.5 Å². The third-order valence-corrected chi connectivity index (χ3v) is 5.50. The van der Waals surface area contributed by atoms with Gasteiger partial charge in [0.15, 0.2) is 10.8 Å². The van der Waals surface area contributed by atoms with E-state index in [1.165, 1.54) is 23.5 Å². The largest absolute Gasteiger partial charge is 0.505 e. The molecule has 0 bridgehead atoms. The third-order valence-electron chi connectivity index (χ3n) is 3.61. The molecular weight excluding hydrogens is 345 g/mol. The van der Waals surface area contributed by atoms with Crippen molar-refractivity contribution < 1.29 is 9.50 Å². The average Bonchev–Trinajstić information content (AvgIpc) is 3.16. The van der Waals surface area contributed by atoms with Gasteiger partial charge in [0.2, 0.25) is 0 Å². The number of hydrogen-bond acceptors (Lipinski definition) is 6. The fraction of sp³-hybridized carbons (Fsp3) is 0.118. The first kappa shape index (κ1) is 15.2. The Kier molecular flexibility index (Phi) is 3.74. The summed E-state index contributed by atoms with van der Waals surface area (Å²) in [5.41, 5.74) is 2.20. The molecule has 0 amide bonds. The first-order valence-corrected chi connectivity index (χ1v) is 8.90. The minimum absolute atomic E-state index is 0.140. The molecule has 4 aromatic rings. The number of aryl methyl sites for hydroxylation is 1. The Labute approximate surface area is 145 Å². The molecule has 2 heterocycles. The average molecular weight is 357 g/mol. The van der Waals surface area contributed by atoms with E-state index in [1.807, 2.05) is 19.1 Å². The van der Waals surface area contributed by atoms with Crippen LogP contribution in [0.2, 0.25) is 0 Å². The van der Waals surface area contributed by atoms with Crippen molar-refractivity contribution in [3.05, 3.63) is 57.8 Å². The van der Waals surface area contributed by atoms with Crippen molar-refractivity contribution in [1.29, 1.82) is 0 Å². The minimum Gasteiger partial charge on any atom is -0.505 e. The Balaban J connectivity index is 1.67. The van der Waals surface area contributed by atoms with Crippen LogP contribution in [-0.4, -0.2) is 20.3 Å². The van der Waals surface area contributed by atoms with Crippen molar-refractivity contribution in [1.82, 2.24) is 15.2 Å². The molecule has 0 aliphatic carbocycles. The highest BCUT2D eigenvalue weighted by Crippen LogP contribution is 2.38. The number of aromatic hydroxyl groups is 1.